The number of hydrogen-bond acceptors (Lipinski definition) is 5. The standard InChI is InChI=1S/C21H31N3O2S/c1-13(2)15-8-10-16(11-9-15)18(14(3)4)22-17(25)12-27-20-24-23-19(26-20)21(5,6)7/h8-11,13-14,18H,12H2,1-7H3,(H,22,25). The van der Waals surface area contributed by atoms with Crippen molar-refractivity contribution >= 4 is 17.7 Å². The summed E-state index contributed by atoms with van der Waals surface area (Å²) in [4.78, 5) is 12.5. The fraction of sp³-hybridized carbons (Fsp3) is 0.571. The smallest absolute Gasteiger partial charge is 0.277 e. The third-order valence-electron chi connectivity index (χ3n) is 4.32. The van der Waals surface area contributed by atoms with Gasteiger partial charge in [0.25, 0.3) is 5.22 Å². The van der Waals surface area contributed by atoms with Gasteiger partial charge in [0.05, 0.1) is 11.8 Å². The Labute approximate surface area is 166 Å². The Morgan fingerprint density at radius 2 is 1.67 bits per heavy atom. The monoisotopic (exact) mass is 389 g/mol. The van der Waals surface area contributed by atoms with Crippen LogP contribution in [0.3, 0.4) is 0 Å². The molecule has 0 spiro atoms. The van der Waals surface area contributed by atoms with E-state index in [4.69, 9.17) is 4.42 Å². The Kier molecular flexibility index (Phi) is 7.09. The summed E-state index contributed by atoms with van der Waals surface area (Å²) in [7, 11) is 0. The van der Waals surface area contributed by atoms with Crippen LogP contribution in [0, 0.1) is 5.92 Å². The van der Waals surface area contributed by atoms with Gasteiger partial charge in [-0.15, -0.1) is 10.2 Å². The fourth-order valence-electron chi connectivity index (χ4n) is 2.64. The molecule has 6 heteroatoms. The predicted molar refractivity (Wildman–Crippen MR) is 110 cm³/mol. The van der Waals surface area contributed by atoms with Crippen molar-refractivity contribution in [3.8, 4) is 0 Å². The zero-order valence-corrected chi connectivity index (χ0v) is 18.2. The van der Waals surface area contributed by atoms with Crippen molar-refractivity contribution in [3.63, 3.8) is 0 Å². The van der Waals surface area contributed by atoms with Gasteiger partial charge in [0, 0.05) is 5.41 Å². The van der Waals surface area contributed by atoms with E-state index in [0.717, 1.165) is 5.56 Å². The largest absolute Gasteiger partial charge is 0.415 e. The Morgan fingerprint density at radius 1 is 1.07 bits per heavy atom. The van der Waals surface area contributed by atoms with E-state index in [9.17, 15) is 4.79 Å². The lowest BCUT2D eigenvalue weighted by Gasteiger charge is -2.23. The number of carbonyl (C=O) groups is 1. The van der Waals surface area contributed by atoms with Crippen LogP contribution < -0.4 is 5.32 Å². The van der Waals surface area contributed by atoms with Gasteiger partial charge in [-0.25, -0.2) is 0 Å². The lowest BCUT2D eigenvalue weighted by molar-refractivity contribution is -0.119. The fourth-order valence-corrected chi connectivity index (χ4v) is 3.21. The molecular weight excluding hydrogens is 358 g/mol. The van der Waals surface area contributed by atoms with Crippen molar-refractivity contribution in [2.45, 2.75) is 71.1 Å². The molecule has 0 bridgehead atoms. The lowest BCUT2D eigenvalue weighted by Crippen LogP contribution is -2.33. The van der Waals surface area contributed by atoms with Gasteiger partial charge in [-0.05, 0) is 23.0 Å². The third-order valence-corrected chi connectivity index (χ3v) is 5.14. The predicted octanol–water partition coefficient (Wildman–Crippen LogP) is 5.10. The van der Waals surface area contributed by atoms with Crippen LogP contribution in [0.2, 0.25) is 0 Å². The number of amides is 1. The van der Waals surface area contributed by atoms with Crippen molar-refractivity contribution in [2.75, 3.05) is 5.75 Å². The van der Waals surface area contributed by atoms with Gasteiger partial charge in [0.15, 0.2) is 0 Å². The normalized spacial score (nSPS) is 13.2. The van der Waals surface area contributed by atoms with Crippen molar-refractivity contribution in [1.82, 2.24) is 15.5 Å². The summed E-state index contributed by atoms with van der Waals surface area (Å²) in [6, 6.07) is 8.49. The molecule has 2 aromatic rings. The first-order valence-electron chi connectivity index (χ1n) is 9.44. The lowest BCUT2D eigenvalue weighted by atomic mass is 9.93. The van der Waals surface area contributed by atoms with Crippen LogP contribution in [0.5, 0.6) is 0 Å². The van der Waals surface area contributed by atoms with Crippen molar-refractivity contribution in [1.29, 1.82) is 0 Å². The van der Waals surface area contributed by atoms with E-state index in [0.29, 0.717) is 22.9 Å². The minimum atomic E-state index is -0.195. The van der Waals surface area contributed by atoms with Crippen LogP contribution in [0.15, 0.2) is 33.9 Å². The number of aromatic nitrogens is 2. The number of benzene rings is 1. The number of nitrogens with one attached hydrogen (secondary N) is 1. The Balaban J connectivity index is 1.97. The summed E-state index contributed by atoms with van der Waals surface area (Å²) in [5.74, 6) is 1.58. The molecule has 1 amide bonds. The molecule has 2 rings (SSSR count). The number of carbonyl (C=O) groups excluding carboxylic acids is 1. The van der Waals surface area contributed by atoms with Crippen molar-refractivity contribution in [2.24, 2.45) is 5.92 Å². The molecule has 0 saturated carbocycles. The maximum absolute atomic E-state index is 12.5. The Morgan fingerprint density at radius 3 is 2.15 bits per heavy atom. The average Bonchev–Trinajstić information content (AvgIpc) is 3.07. The zero-order valence-electron chi connectivity index (χ0n) is 17.4. The van der Waals surface area contributed by atoms with E-state index in [2.05, 4.69) is 67.5 Å². The summed E-state index contributed by atoms with van der Waals surface area (Å²) in [5, 5.41) is 11.6. The molecule has 0 radical (unpaired) electrons. The van der Waals surface area contributed by atoms with Gasteiger partial charge in [-0.3, -0.25) is 4.79 Å². The maximum Gasteiger partial charge on any atom is 0.277 e. The number of rotatable bonds is 7. The van der Waals surface area contributed by atoms with Crippen LogP contribution >= 0.6 is 11.8 Å². The molecule has 1 N–H and O–H groups in total. The minimum absolute atomic E-state index is 0.0212. The highest BCUT2D eigenvalue weighted by atomic mass is 32.2. The van der Waals surface area contributed by atoms with Gasteiger partial charge in [-0.2, -0.15) is 0 Å². The molecule has 0 aliphatic rings. The molecule has 1 atom stereocenters. The summed E-state index contributed by atoms with van der Waals surface area (Å²) < 4.78 is 5.63. The quantitative estimate of drug-likeness (QED) is 0.668. The molecule has 148 valence electrons. The van der Waals surface area contributed by atoms with Crippen LogP contribution in [-0.2, 0) is 10.2 Å². The molecule has 27 heavy (non-hydrogen) atoms. The van der Waals surface area contributed by atoms with E-state index in [1.165, 1.54) is 17.3 Å². The molecular formula is C21H31N3O2S. The average molecular weight is 390 g/mol. The van der Waals surface area contributed by atoms with E-state index in [1.54, 1.807) is 0 Å². The molecule has 1 heterocycles. The summed E-state index contributed by atoms with van der Waals surface area (Å²) >= 11 is 1.27. The van der Waals surface area contributed by atoms with Gasteiger partial charge in [0.1, 0.15) is 0 Å². The number of nitrogens with zero attached hydrogens (tertiary/aromatic N) is 2. The zero-order chi connectivity index (χ0) is 20.2. The number of thioether (sulfide) groups is 1. The second-order valence-electron chi connectivity index (χ2n) is 8.52. The molecule has 0 fully saturated rings. The van der Waals surface area contributed by atoms with E-state index >= 15 is 0 Å². The summed E-state index contributed by atoms with van der Waals surface area (Å²) in [6.45, 7) is 14.6. The summed E-state index contributed by atoms with van der Waals surface area (Å²) in [6.07, 6.45) is 0. The highest BCUT2D eigenvalue weighted by Crippen LogP contribution is 2.26. The minimum Gasteiger partial charge on any atom is -0.415 e. The van der Waals surface area contributed by atoms with Crippen LogP contribution in [0.4, 0.5) is 0 Å². The molecule has 1 unspecified atom stereocenters. The first-order chi connectivity index (χ1) is 12.6. The second-order valence-corrected chi connectivity index (χ2v) is 9.45. The third kappa shape index (κ3) is 6.09. The van der Waals surface area contributed by atoms with Crippen LogP contribution in [0.25, 0.3) is 0 Å². The Hall–Kier alpha value is -1.82. The van der Waals surface area contributed by atoms with E-state index in [1.807, 2.05) is 20.8 Å². The van der Waals surface area contributed by atoms with Gasteiger partial charge >= 0.3 is 0 Å². The maximum atomic E-state index is 12.5. The second kappa shape index (κ2) is 8.91. The molecule has 0 aliphatic heterocycles. The van der Waals surface area contributed by atoms with Crippen LogP contribution in [-0.4, -0.2) is 21.9 Å². The first kappa shape index (κ1) is 21.5. The van der Waals surface area contributed by atoms with Gasteiger partial charge < -0.3 is 9.73 Å². The molecule has 0 saturated heterocycles. The topological polar surface area (TPSA) is 68.0 Å². The highest BCUT2D eigenvalue weighted by Gasteiger charge is 2.23. The highest BCUT2D eigenvalue weighted by molar-refractivity contribution is 7.99. The first-order valence-corrected chi connectivity index (χ1v) is 10.4. The van der Waals surface area contributed by atoms with Crippen molar-refractivity contribution in [3.05, 3.63) is 41.3 Å². The molecule has 1 aromatic carbocycles. The summed E-state index contributed by atoms with van der Waals surface area (Å²) in [5.41, 5.74) is 2.23. The molecule has 1 aromatic heterocycles. The SMILES string of the molecule is CC(C)c1ccc(C(NC(=O)CSc2nnc(C(C)(C)C)o2)C(C)C)cc1. The molecule has 5 nitrogen and oxygen atoms in total. The number of hydrogen-bond donors (Lipinski definition) is 1. The molecule has 0 aliphatic carbocycles. The van der Waals surface area contributed by atoms with E-state index < -0.39 is 0 Å². The van der Waals surface area contributed by atoms with Crippen LogP contribution in [0.1, 0.15) is 77.4 Å². The van der Waals surface area contributed by atoms with Gasteiger partial charge in [0.2, 0.25) is 11.8 Å². The van der Waals surface area contributed by atoms with E-state index in [-0.39, 0.29) is 23.1 Å². The van der Waals surface area contributed by atoms with Gasteiger partial charge in [-0.1, -0.05) is 84.5 Å². The van der Waals surface area contributed by atoms with Crippen molar-refractivity contribution < 1.29 is 9.21 Å². The Bertz CT molecular complexity index is 746.